The minimum Gasteiger partial charge on any atom is -0.490 e. The van der Waals surface area contributed by atoms with Crippen molar-refractivity contribution >= 4 is 11.6 Å². The van der Waals surface area contributed by atoms with E-state index in [2.05, 4.69) is 5.32 Å². The van der Waals surface area contributed by atoms with Crippen molar-refractivity contribution in [1.29, 1.82) is 0 Å². The lowest BCUT2D eigenvalue weighted by atomic mass is 10.0. The van der Waals surface area contributed by atoms with Crippen molar-refractivity contribution in [3.05, 3.63) is 59.4 Å². The normalized spacial score (nSPS) is 15.0. The molecule has 2 aromatic carbocycles. The fourth-order valence-electron chi connectivity index (χ4n) is 2.53. The highest BCUT2D eigenvalue weighted by Gasteiger charge is 2.29. The predicted octanol–water partition coefficient (Wildman–Crippen LogP) is 3.60. The molecule has 1 aliphatic carbocycles. The SMILES string of the molecule is Cc1cc(F)ccc1C(O)COc1cccc(NC(=O)C2CC2)c1. The van der Waals surface area contributed by atoms with Crippen LogP contribution in [0, 0.1) is 18.7 Å². The summed E-state index contributed by atoms with van der Waals surface area (Å²) in [6, 6.07) is 11.3. The van der Waals surface area contributed by atoms with Gasteiger partial charge in [-0.2, -0.15) is 0 Å². The number of ether oxygens (including phenoxy) is 1. The smallest absolute Gasteiger partial charge is 0.227 e. The zero-order chi connectivity index (χ0) is 17.1. The summed E-state index contributed by atoms with van der Waals surface area (Å²) in [4.78, 5) is 11.8. The number of hydrogen-bond acceptors (Lipinski definition) is 3. The molecule has 4 nitrogen and oxygen atoms in total. The second kappa shape index (κ2) is 7.01. The summed E-state index contributed by atoms with van der Waals surface area (Å²) in [5.41, 5.74) is 1.99. The van der Waals surface area contributed by atoms with E-state index in [1.807, 2.05) is 0 Å². The van der Waals surface area contributed by atoms with Gasteiger partial charge in [0, 0.05) is 17.7 Å². The molecule has 1 unspecified atom stereocenters. The third-order valence-corrected chi connectivity index (χ3v) is 4.05. The van der Waals surface area contributed by atoms with Crippen molar-refractivity contribution in [3.8, 4) is 5.75 Å². The van der Waals surface area contributed by atoms with E-state index in [4.69, 9.17) is 4.74 Å². The van der Waals surface area contributed by atoms with Gasteiger partial charge in [-0.15, -0.1) is 0 Å². The quantitative estimate of drug-likeness (QED) is 0.851. The Balaban J connectivity index is 1.60. The van der Waals surface area contributed by atoms with E-state index in [1.165, 1.54) is 12.1 Å². The molecule has 0 saturated heterocycles. The topological polar surface area (TPSA) is 58.6 Å². The number of benzene rings is 2. The van der Waals surface area contributed by atoms with Gasteiger partial charge < -0.3 is 15.2 Å². The highest BCUT2D eigenvalue weighted by atomic mass is 19.1. The highest BCUT2D eigenvalue weighted by molar-refractivity contribution is 5.94. The first-order valence-electron chi connectivity index (χ1n) is 8.01. The zero-order valence-corrected chi connectivity index (χ0v) is 13.5. The van der Waals surface area contributed by atoms with Crippen molar-refractivity contribution < 1.29 is 19.0 Å². The number of aliphatic hydroxyl groups is 1. The minimum atomic E-state index is -0.852. The van der Waals surface area contributed by atoms with E-state index in [9.17, 15) is 14.3 Å². The Morgan fingerprint density at radius 3 is 2.83 bits per heavy atom. The summed E-state index contributed by atoms with van der Waals surface area (Å²) in [6.45, 7) is 1.79. The fraction of sp³-hybridized carbons (Fsp3) is 0.316. The van der Waals surface area contributed by atoms with Gasteiger partial charge in [0.1, 0.15) is 24.3 Å². The van der Waals surface area contributed by atoms with Gasteiger partial charge >= 0.3 is 0 Å². The summed E-state index contributed by atoms with van der Waals surface area (Å²) in [6.07, 6.45) is 1.05. The third-order valence-electron chi connectivity index (χ3n) is 4.05. The molecule has 2 N–H and O–H groups in total. The van der Waals surface area contributed by atoms with Gasteiger partial charge in [-0.1, -0.05) is 12.1 Å². The Kier molecular flexibility index (Phi) is 4.81. The van der Waals surface area contributed by atoms with Crippen LogP contribution in [0.1, 0.15) is 30.1 Å². The first-order chi connectivity index (χ1) is 11.5. The lowest BCUT2D eigenvalue weighted by molar-refractivity contribution is -0.117. The molecule has 1 atom stereocenters. The van der Waals surface area contributed by atoms with Crippen LogP contribution in [-0.2, 0) is 4.79 Å². The Morgan fingerprint density at radius 1 is 1.33 bits per heavy atom. The number of hydrogen-bond donors (Lipinski definition) is 2. The van der Waals surface area contributed by atoms with E-state index < -0.39 is 6.10 Å². The number of aliphatic hydroxyl groups excluding tert-OH is 1. The number of amides is 1. The molecule has 0 radical (unpaired) electrons. The molecule has 0 aromatic heterocycles. The van der Waals surface area contributed by atoms with Gasteiger partial charge in [0.05, 0.1) is 0 Å². The van der Waals surface area contributed by atoms with Crippen LogP contribution in [0.5, 0.6) is 5.75 Å². The molecule has 1 aliphatic rings. The van der Waals surface area contributed by atoms with Crippen molar-refractivity contribution in [3.63, 3.8) is 0 Å². The average molecular weight is 329 g/mol. The monoisotopic (exact) mass is 329 g/mol. The maximum absolute atomic E-state index is 13.1. The van der Waals surface area contributed by atoms with Crippen LogP contribution >= 0.6 is 0 Å². The van der Waals surface area contributed by atoms with Crippen molar-refractivity contribution in [2.45, 2.75) is 25.9 Å². The van der Waals surface area contributed by atoms with Gasteiger partial charge in [-0.3, -0.25) is 4.79 Å². The average Bonchev–Trinajstić information content (AvgIpc) is 3.38. The number of rotatable bonds is 6. The van der Waals surface area contributed by atoms with Crippen molar-refractivity contribution in [2.24, 2.45) is 5.92 Å². The molecule has 126 valence electrons. The maximum Gasteiger partial charge on any atom is 0.227 e. The second-order valence-corrected chi connectivity index (χ2v) is 6.12. The van der Waals surface area contributed by atoms with Gasteiger partial charge in [-0.25, -0.2) is 4.39 Å². The molecule has 3 rings (SSSR count). The number of aryl methyl sites for hydroxylation is 1. The molecule has 1 amide bonds. The van der Waals surface area contributed by atoms with Gasteiger partial charge in [0.2, 0.25) is 5.91 Å². The summed E-state index contributed by atoms with van der Waals surface area (Å²) < 4.78 is 18.7. The van der Waals surface area contributed by atoms with Gasteiger partial charge in [0.25, 0.3) is 0 Å². The largest absolute Gasteiger partial charge is 0.490 e. The lowest BCUT2D eigenvalue weighted by Gasteiger charge is -2.15. The predicted molar refractivity (Wildman–Crippen MR) is 89.4 cm³/mol. The van der Waals surface area contributed by atoms with Crippen LogP contribution in [0.15, 0.2) is 42.5 Å². The molecule has 1 saturated carbocycles. The molecule has 5 heteroatoms. The summed E-state index contributed by atoms with van der Waals surface area (Å²) >= 11 is 0. The van der Waals surface area contributed by atoms with E-state index in [1.54, 1.807) is 37.3 Å². The van der Waals surface area contributed by atoms with Crippen LogP contribution < -0.4 is 10.1 Å². The van der Waals surface area contributed by atoms with E-state index in [-0.39, 0.29) is 24.2 Å². The van der Waals surface area contributed by atoms with Crippen LogP contribution in [0.25, 0.3) is 0 Å². The van der Waals surface area contributed by atoms with Crippen LogP contribution in [0.3, 0.4) is 0 Å². The first kappa shape index (κ1) is 16.5. The van der Waals surface area contributed by atoms with Crippen molar-refractivity contribution in [1.82, 2.24) is 0 Å². The number of carbonyl (C=O) groups is 1. The van der Waals surface area contributed by atoms with Crippen molar-refractivity contribution in [2.75, 3.05) is 11.9 Å². The summed E-state index contributed by atoms with van der Waals surface area (Å²) in [7, 11) is 0. The lowest BCUT2D eigenvalue weighted by Crippen LogP contribution is -2.14. The number of halogens is 1. The van der Waals surface area contributed by atoms with Gasteiger partial charge in [-0.05, 0) is 55.2 Å². The molecular weight excluding hydrogens is 309 g/mol. The van der Waals surface area contributed by atoms with Gasteiger partial charge in [0.15, 0.2) is 0 Å². The first-order valence-corrected chi connectivity index (χ1v) is 8.01. The Bertz CT molecular complexity index is 743. The second-order valence-electron chi connectivity index (χ2n) is 6.12. The number of nitrogens with one attached hydrogen (secondary N) is 1. The molecular formula is C19H20FNO3. The minimum absolute atomic E-state index is 0.0362. The number of carbonyl (C=O) groups excluding carboxylic acids is 1. The van der Waals surface area contributed by atoms with E-state index in [0.717, 1.165) is 12.8 Å². The standard InChI is InChI=1S/C19H20FNO3/c1-12-9-14(20)7-8-17(12)18(22)11-24-16-4-2-3-15(10-16)21-19(23)13-5-6-13/h2-4,7-10,13,18,22H,5-6,11H2,1H3,(H,21,23). The summed E-state index contributed by atoms with van der Waals surface area (Å²) in [5, 5.41) is 13.1. The van der Waals surface area contributed by atoms with E-state index in [0.29, 0.717) is 22.6 Å². The van der Waals surface area contributed by atoms with Crippen LogP contribution in [0.4, 0.5) is 10.1 Å². The zero-order valence-electron chi connectivity index (χ0n) is 13.5. The molecule has 1 fully saturated rings. The van der Waals surface area contributed by atoms with E-state index >= 15 is 0 Å². The van der Waals surface area contributed by atoms with Crippen LogP contribution in [-0.4, -0.2) is 17.6 Å². The summed E-state index contributed by atoms with van der Waals surface area (Å²) in [5.74, 6) is 0.401. The third kappa shape index (κ3) is 4.11. The molecule has 2 aromatic rings. The molecule has 0 spiro atoms. The molecule has 0 heterocycles. The Labute approximate surface area is 140 Å². The highest BCUT2D eigenvalue weighted by Crippen LogP contribution is 2.30. The Hall–Kier alpha value is -2.40. The molecule has 0 bridgehead atoms. The Morgan fingerprint density at radius 2 is 2.12 bits per heavy atom. The molecule has 24 heavy (non-hydrogen) atoms. The fourth-order valence-corrected chi connectivity index (χ4v) is 2.53. The molecule has 0 aliphatic heterocycles. The van der Waals surface area contributed by atoms with Crippen LogP contribution in [0.2, 0.25) is 0 Å². The number of anilines is 1. The maximum atomic E-state index is 13.1.